The van der Waals surface area contributed by atoms with Crippen molar-refractivity contribution in [1.82, 2.24) is 10.3 Å². The summed E-state index contributed by atoms with van der Waals surface area (Å²) in [5.41, 5.74) is 1.58. The molecule has 0 radical (unpaired) electrons. The molecule has 4 nitrogen and oxygen atoms in total. The van der Waals surface area contributed by atoms with Gasteiger partial charge in [0.1, 0.15) is 6.61 Å². The maximum Gasteiger partial charge on any atom is 0.340 e. The summed E-state index contributed by atoms with van der Waals surface area (Å²) in [4.78, 5) is 15.2. The predicted octanol–water partition coefficient (Wildman–Crippen LogP) is 2.47. The molecule has 0 amide bonds. The van der Waals surface area contributed by atoms with Gasteiger partial charge in [0.2, 0.25) is 0 Å². The molecule has 19 heavy (non-hydrogen) atoms. The summed E-state index contributed by atoms with van der Waals surface area (Å²) in [5, 5.41) is 4.29. The third kappa shape index (κ3) is 2.63. The van der Waals surface area contributed by atoms with Crippen LogP contribution in [-0.4, -0.2) is 30.1 Å². The van der Waals surface area contributed by atoms with Crippen molar-refractivity contribution in [2.75, 3.05) is 13.2 Å². The molecular weight excluding hydrogens is 240 g/mol. The molecule has 3 rings (SSSR count). The van der Waals surface area contributed by atoms with Gasteiger partial charge in [0.15, 0.2) is 0 Å². The lowest BCUT2D eigenvalue weighted by Gasteiger charge is -2.22. The second-order valence-electron chi connectivity index (χ2n) is 4.99. The van der Waals surface area contributed by atoms with Gasteiger partial charge in [-0.05, 0) is 25.5 Å². The first kappa shape index (κ1) is 12.2. The minimum Gasteiger partial charge on any atom is -0.460 e. The zero-order chi connectivity index (χ0) is 13.1. The van der Waals surface area contributed by atoms with Gasteiger partial charge in [-0.1, -0.05) is 24.6 Å². The number of fused-ring (bicyclic) bond motifs is 1. The number of aromatic amines is 1. The highest BCUT2D eigenvalue weighted by molar-refractivity contribution is 6.03. The highest BCUT2D eigenvalue weighted by Gasteiger charge is 2.17. The summed E-state index contributed by atoms with van der Waals surface area (Å²) in [6.07, 6.45) is 5.23. The molecule has 1 unspecified atom stereocenters. The van der Waals surface area contributed by atoms with E-state index in [4.69, 9.17) is 4.74 Å². The molecule has 4 heteroatoms. The Labute approximate surface area is 112 Å². The maximum atomic E-state index is 12.1. The molecule has 100 valence electrons. The maximum absolute atomic E-state index is 12.1. The molecule has 0 bridgehead atoms. The van der Waals surface area contributed by atoms with Gasteiger partial charge in [0, 0.05) is 23.1 Å². The monoisotopic (exact) mass is 258 g/mol. The van der Waals surface area contributed by atoms with Crippen molar-refractivity contribution in [2.24, 2.45) is 0 Å². The fourth-order valence-corrected chi connectivity index (χ4v) is 2.56. The van der Waals surface area contributed by atoms with Crippen LogP contribution < -0.4 is 5.32 Å². The highest BCUT2D eigenvalue weighted by atomic mass is 16.5. The number of nitrogens with one attached hydrogen (secondary N) is 2. The second kappa shape index (κ2) is 5.45. The van der Waals surface area contributed by atoms with Crippen LogP contribution in [0.2, 0.25) is 0 Å². The van der Waals surface area contributed by atoms with Crippen molar-refractivity contribution in [3.63, 3.8) is 0 Å². The van der Waals surface area contributed by atoms with Crippen LogP contribution in [0.4, 0.5) is 0 Å². The van der Waals surface area contributed by atoms with E-state index >= 15 is 0 Å². The Balaban J connectivity index is 1.66. The molecule has 1 aromatic heterocycles. The Hall–Kier alpha value is -1.81. The van der Waals surface area contributed by atoms with E-state index in [0.717, 1.165) is 23.9 Å². The number of esters is 1. The summed E-state index contributed by atoms with van der Waals surface area (Å²) in [6.45, 7) is 1.48. The van der Waals surface area contributed by atoms with Gasteiger partial charge in [0.05, 0.1) is 5.56 Å². The number of hydrogen-bond donors (Lipinski definition) is 2. The first-order valence-corrected chi connectivity index (χ1v) is 6.81. The number of aromatic nitrogens is 1. The lowest BCUT2D eigenvalue weighted by molar-refractivity contribution is 0.0453. The number of carbonyl (C=O) groups is 1. The number of carbonyl (C=O) groups excluding carboxylic acids is 1. The lowest BCUT2D eigenvalue weighted by Crippen LogP contribution is -2.38. The summed E-state index contributed by atoms with van der Waals surface area (Å²) in [7, 11) is 0. The molecule has 0 spiro atoms. The van der Waals surface area contributed by atoms with E-state index < -0.39 is 0 Å². The molecule has 2 N–H and O–H groups in total. The molecule has 2 heterocycles. The van der Waals surface area contributed by atoms with Crippen molar-refractivity contribution >= 4 is 16.9 Å². The van der Waals surface area contributed by atoms with Crippen LogP contribution in [0.25, 0.3) is 10.9 Å². The van der Waals surface area contributed by atoms with Gasteiger partial charge in [-0.15, -0.1) is 0 Å². The number of rotatable bonds is 3. The van der Waals surface area contributed by atoms with Crippen molar-refractivity contribution in [1.29, 1.82) is 0 Å². The molecule has 1 saturated heterocycles. The van der Waals surface area contributed by atoms with E-state index in [1.165, 1.54) is 12.8 Å². The van der Waals surface area contributed by atoms with Gasteiger partial charge >= 0.3 is 5.97 Å². The summed E-state index contributed by atoms with van der Waals surface area (Å²) in [5.74, 6) is -0.246. The van der Waals surface area contributed by atoms with Crippen LogP contribution in [0, 0.1) is 0 Å². The van der Waals surface area contributed by atoms with E-state index in [-0.39, 0.29) is 5.97 Å². The fraction of sp³-hybridized carbons (Fsp3) is 0.400. The van der Waals surface area contributed by atoms with Crippen LogP contribution in [0.5, 0.6) is 0 Å². The largest absolute Gasteiger partial charge is 0.460 e. The fourth-order valence-electron chi connectivity index (χ4n) is 2.56. The SMILES string of the molecule is O=C(OCC1CCCCN1)c1c[nH]c2ccccc12. The van der Waals surface area contributed by atoms with Crippen molar-refractivity contribution in [3.8, 4) is 0 Å². The van der Waals surface area contributed by atoms with Crippen molar-refractivity contribution in [2.45, 2.75) is 25.3 Å². The average molecular weight is 258 g/mol. The normalized spacial score (nSPS) is 19.5. The molecular formula is C15H18N2O2. The summed E-state index contributed by atoms with van der Waals surface area (Å²) in [6, 6.07) is 8.06. The molecule has 0 aliphatic carbocycles. The molecule has 1 fully saturated rings. The Bertz CT molecular complexity index is 570. The number of H-pyrrole nitrogens is 1. The van der Waals surface area contributed by atoms with Gasteiger partial charge in [0.25, 0.3) is 0 Å². The number of benzene rings is 1. The number of ether oxygens (including phenoxy) is 1. The van der Waals surface area contributed by atoms with Crippen LogP contribution in [-0.2, 0) is 4.74 Å². The zero-order valence-corrected chi connectivity index (χ0v) is 10.8. The Kier molecular flexibility index (Phi) is 3.51. The molecule has 2 aromatic rings. The van der Waals surface area contributed by atoms with Crippen LogP contribution >= 0.6 is 0 Å². The van der Waals surface area contributed by atoms with Crippen LogP contribution in [0.15, 0.2) is 30.5 Å². The minimum atomic E-state index is -0.246. The Morgan fingerprint density at radius 3 is 3.05 bits per heavy atom. The first-order chi connectivity index (χ1) is 9.34. The van der Waals surface area contributed by atoms with Gasteiger partial charge < -0.3 is 15.0 Å². The standard InChI is InChI=1S/C15H18N2O2/c18-15(19-10-11-5-3-4-8-16-11)13-9-17-14-7-2-1-6-12(13)14/h1-2,6-7,9,11,16-17H,3-5,8,10H2. The Morgan fingerprint density at radius 2 is 2.21 bits per heavy atom. The van der Waals surface area contributed by atoms with Crippen LogP contribution in [0.3, 0.4) is 0 Å². The van der Waals surface area contributed by atoms with E-state index in [1.54, 1.807) is 6.20 Å². The predicted molar refractivity (Wildman–Crippen MR) is 74.2 cm³/mol. The van der Waals surface area contributed by atoms with Crippen LogP contribution in [0.1, 0.15) is 29.6 Å². The number of hydrogen-bond acceptors (Lipinski definition) is 3. The molecule has 1 atom stereocenters. The van der Waals surface area contributed by atoms with E-state index in [0.29, 0.717) is 18.2 Å². The second-order valence-corrected chi connectivity index (χ2v) is 4.99. The quantitative estimate of drug-likeness (QED) is 0.831. The van der Waals surface area contributed by atoms with E-state index in [1.807, 2.05) is 24.3 Å². The van der Waals surface area contributed by atoms with Gasteiger partial charge in [-0.25, -0.2) is 4.79 Å². The summed E-state index contributed by atoms with van der Waals surface area (Å²) < 4.78 is 5.41. The smallest absolute Gasteiger partial charge is 0.340 e. The molecule has 0 saturated carbocycles. The Morgan fingerprint density at radius 1 is 1.32 bits per heavy atom. The highest BCUT2D eigenvalue weighted by Crippen LogP contribution is 2.18. The topological polar surface area (TPSA) is 54.1 Å². The number of para-hydroxylation sites is 1. The van der Waals surface area contributed by atoms with Gasteiger partial charge in [-0.3, -0.25) is 0 Å². The first-order valence-electron chi connectivity index (χ1n) is 6.81. The van der Waals surface area contributed by atoms with Crippen molar-refractivity contribution < 1.29 is 9.53 Å². The molecule has 1 aliphatic heterocycles. The average Bonchev–Trinajstić information content (AvgIpc) is 2.90. The van der Waals surface area contributed by atoms with E-state index in [2.05, 4.69) is 10.3 Å². The number of piperidine rings is 1. The van der Waals surface area contributed by atoms with E-state index in [9.17, 15) is 4.79 Å². The lowest BCUT2D eigenvalue weighted by atomic mass is 10.1. The third-order valence-corrected chi connectivity index (χ3v) is 3.64. The molecule has 1 aliphatic rings. The minimum absolute atomic E-state index is 0.246. The van der Waals surface area contributed by atoms with Crippen molar-refractivity contribution in [3.05, 3.63) is 36.0 Å². The summed E-state index contributed by atoms with van der Waals surface area (Å²) >= 11 is 0. The zero-order valence-electron chi connectivity index (χ0n) is 10.8. The third-order valence-electron chi connectivity index (χ3n) is 3.64. The molecule has 1 aromatic carbocycles. The van der Waals surface area contributed by atoms with Gasteiger partial charge in [-0.2, -0.15) is 0 Å².